The van der Waals surface area contributed by atoms with Gasteiger partial charge in [0.1, 0.15) is 6.61 Å². The van der Waals surface area contributed by atoms with Crippen LogP contribution in [0.4, 0.5) is 0 Å². The van der Waals surface area contributed by atoms with Gasteiger partial charge in [-0.05, 0) is 0 Å². The first kappa shape index (κ1) is 16.3. The van der Waals surface area contributed by atoms with Gasteiger partial charge in [0.05, 0.1) is 52.9 Å². The zero-order valence-corrected chi connectivity index (χ0v) is 9.93. The summed E-state index contributed by atoms with van der Waals surface area (Å²) in [5.41, 5.74) is 4.87. The first-order valence-corrected chi connectivity index (χ1v) is 5.47. The van der Waals surface area contributed by atoms with Crippen LogP contribution in [0.1, 0.15) is 0 Å². The molecule has 0 aromatic heterocycles. The fraction of sp³-hybridized carbons (Fsp3) is 0.900. The average Bonchev–Trinajstić information content (AvgIpc) is 2.30. The molecule has 0 aromatic rings. The third-order valence-corrected chi connectivity index (χ3v) is 1.60. The van der Waals surface area contributed by atoms with Crippen LogP contribution in [0.3, 0.4) is 0 Å². The van der Waals surface area contributed by atoms with Crippen LogP contribution in [0.15, 0.2) is 0 Å². The van der Waals surface area contributed by atoms with Gasteiger partial charge >= 0.3 is 0 Å². The van der Waals surface area contributed by atoms with Gasteiger partial charge in [-0.1, -0.05) is 0 Å². The third-order valence-electron chi connectivity index (χ3n) is 1.60. The Kier molecular flexibility index (Phi) is 12.8. The molecule has 0 heterocycles. The highest BCUT2D eigenvalue weighted by molar-refractivity contribution is 5.74. The number of aliphatic hydroxyl groups excluding tert-OH is 1. The number of amides is 1. The summed E-state index contributed by atoms with van der Waals surface area (Å²) in [6, 6.07) is 0. The summed E-state index contributed by atoms with van der Waals surface area (Å²) in [5, 5.41) is 8.42. The molecule has 0 radical (unpaired) electrons. The summed E-state index contributed by atoms with van der Waals surface area (Å²) in [4.78, 5) is 10.3. The summed E-state index contributed by atoms with van der Waals surface area (Å²) >= 11 is 0. The molecular weight excluding hydrogens is 230 g/mol. The van der Waals surface area contributed by atoms with Crippen molar-refractivity contribution in [3.63, 3.8) is 0 Å². The van der Waals surface area contributed by atoms with Gasteiger partial charge in [-0.2, -0.15) is 0 Å². The van der Waals surface area contributed by atoms with E-state index < -0.39 is 5.91 Å². The zero-order chi connectivity index (χ0) is 12.8. The van der Waals surface area contributed by atoms with Crippen molar-refractivity contribution in [2.75, 3.05) is 59.5 Å². The van der Waals surface area contributed by atoms with E-state index in [1.165, 1.54) is 0 Å². The lowest BCUT2D eigenvalue weighted by Crippen LogP contribution is -2.20. The molecule has 3 N–H and O–H groups in total. The quantitative estimate of drug-likeness (QED) is 0.388. The number of carbonyl (C=O) groups excluding carboxylic acids is 1. The maximum absolute atomic E-state index is 10.3. The van der Waals surface area contributed by atoms with Gasteiger partial charge in [-0.15, -0.1) is 0 Å². The summed E-state index contributed by atoms with van der Waals surface area (Å²) in [6.07, 6.45) is 0. The molecule has 7 heteroatoms. The summed E-state index contributed by atoms with van der Waals surface area (Å²) in [7, 11) is 0. The van der Waals surface area contributed by atoms with Gasteiger partial charge < -0.3 is 29.8 Å². The van der Waals surface area contributed by atoms with Crippen LogP contribution in [0.2, 0.25) is 0 Å². The molecule has 0 bridgehead atoms. The lowest BCUT2D eigenvalue weighted by Gasteiger charge is -2.06. The Morgan fingerprint density at radius 2 is 1.24 bits per heavy atom. The highest BCUT2D eigenvalue weighted by Gasteiger charge is 1.94. The summed E-state index contributed by atoms with van der Waals surface area (Å²) < 4.78 is 20.2. The Hall–Kier alpha value is -0.730. The summed E-state index contributed by atoms with van der Waals surface area (Å²) in [5.74, 6) is -0.490. The van der Waals surface area contributed by atoms with E-state index in [1.54, 1.807) is 0 Å². The molecule has 1 amide bonds. The Bertz CT molecular complexity index is 178. The van der Waals surface area contributed by atoms with Crippen molar-refractivity contribution in [1.82, 2.24) is 0 Å². The van der Waals surface area contributed by atoms with Crippen LogP contribution in [0, 0.1) is 0 Å². The van der Waals surface area contributed by atoms with Crippen molar-refractivity contribution < 1.29 is 28.8 Å². The van der Waals surface area contributed by atoms with Crippen molar-refractivity contribution >= 4 is 5.91 Å². The van der Waals surface area contributed by atoms with Crippen molar-refractivity contribution in [3.8, 4) is 0 Å². The number of hydrogen-bond acceptors (Lipinski definition) is 6. The molecule has 0 aliphatic rings. The van der Waals surface area contributed by atoms with Crippen molar-refractivity contribution in [3.05, 3.63) is 0 Å². The monoisotopic (exact) mass is 251 g/mol. The van der Waals surface area contributed by atoms with Crippen LogP contribution in [-0.2, 0) is 23.7 Å². The van der Waals surface area contributed by atoms with Crippen LogP contribution >= 0.6 is 0 Å². The van der Waals surface area contributed by atoms with Crippen LogP contribution in [-0.4, -0.2) is 70.5 Å². The first-order chi connectivity index (χ1) is 8.27. The van der Waals surface area contributed by atoms with E-state index in [2.05, 4.69) is 0 Å². The molecule has 0 spiro atoms. The Morgan fingerprint density at radius 1 is 0.824 bits per heavy atom. The molecule has 0 aliphatic carbocycles. The molecule has 17 heavy (non-hydrogen) atoms. The largest absolute Gasteiger partial charge is 0.394 e. The van der Waals surface area contributed by atoms with Crippen LogP contribution in [0.25, 0.3) is 0 Å². The van der Waals surface area contributed by atoms with E-state index in [4.69, 9.17) is 29.8 Å². The molecule has 0 atom stereocenters. The minimum absolute atomic E-state index is 0.0222. The number of ether oxygens (including phenoxy) is 4. The molecule has 0 saturated heterocycles. The molecule has 7 nitrogen and oxygen atoms in total. The fourth-order valence-corrected chi connectivity index (χ4v) is 0.897. The van der Waals surface area contributed by atoms with Gasteiger partial charge in [0, 0.05) is 0 Å². The summed E-state index contributed by atoms with van der Waals surface area (Å²) in [6.45, 7) is 2.87. The lowest BCUT2D eigenvalue weighted by atomic mass is 10.6. The maximum atomic E-state index is 10.3. The van der Waals surface area contributed by atoms with Gasteiger partial charge in [-0.25, -0.2) is 0 Å². The standard InChI is InChI=1S/C10H21NO6/c11-10(13)9-17-8-7-16-6-5-15-4-3-14-2-1-12/h12H,1-9H2,(H2,11,13). The van der Waals surface area contributed by atoms with E-state index in [9.17, 15) is 4.79 Å². The Morgan fingerprint density at radius 3 is 1.65 bits per heavy atom. The fourth-order valence-electron chi connectivity index (χ4n) is 0.897. The molecule has 102 valence electrons. The second-order valence-electron chi connectivity index (χ2n) is 3.08. The van der Waals surface area contributed by atoms with Gasteiger partial charge in [0.15, 0.2) is 0 Å². The first-order valence-electron chi connectivity index (χ1n) is 5.47. The third kappa shape index (κ3) is 15.3. The Balaban J connectivity index is 2.91. The highest BCUT2D eigenvalue weighted by Crippen LogP contribution is 1.82. The molecule has 0 aliphatic heterocycles. The smallest absolute Gasteiger partial charge is 0.243 e. The van der Waals surface area contributed by atoms with E-state index in [0.717, 1.165) is 0 Å². The van der Waals surface area contributed by atoms with Crippen molar-refractivity contribution in [2.24, 2.45) is 5.73 Å². The van der Waals surface area contributed by atoms with Crippen LogP contribution in [0.5, 0.6) is 0 Å². The SMILES string of the molecule is NC(=O)COCCOCCOCCOCCO. The predicted octanol–water partition coefficient (Wildman–Crippen LogP) is -1.47. The van der Waals surface area contributed by atoms with Gasteiger partial charge in [-0.3, -0.25) is 4.79 Å². The number of primary amides is 1. The van der Waals surface area contributed by atoms with Gasteiger partial charge in [0.25, 0.3) is 0 Å². The van der Waals surface area contributed by atoms with E-state index >= 15 is 0 Å². The maximum Gasteiger partial charge on any atom is 0.243 e. The predicted molar refractivity (Wildman–Crippen MR) is 59.6 cm³/mol. The van der Waals surface area contributed by atoms with Crippen LogP contribution < -0.4 is 5.73 Å². The van der Waals surface area contributed by atoms with E-state index in [1.807, 2.05) is 0 Å². The number of nitrogens with two attached hydrogens (primary N) is 1. The lowest BCUT2D eigenvalue weighted by molar-refractivity contribution is -0.123. The number of rotatable bonds is 13. The van der Waals surface area contributed by atoms with E-state index in [0.29, 0.717) is 46.2 Å². The average molecular weight is 251 g/mol. The normalized spacial score (nSPS) is 10.6. The second kappa shape index (κ2) is 13.3. The minimum Gasteiger partial charge on any atom is -0.394 e. The second-order valence-corrected chi connectivity index (χ2v) is 3.08. The van der Waals surface area contributed by atoms with Gasteiger partial charge in [0.2, 0.25) is 5.91 Å². The minimum atomic E-state index is -0.490. The number of hydrogen-bond donors (Lipinski definition) is 2. The molecule has 0 fully saturated rings. The molecule has 0 unspecified atom stereocenters. The number of carbonyl (C=O) groups is 1. The number of aliphatic hydroxyl groups is 1. The van der Waals surface area contributed by atoms with E-state index in [-0.39, 0.29) is 13.2 Å². The molecule has 0 rings (SSSR count). The highest BCUT2D eigenvalue weighted by atomic mass is 16.6. The zero-order valence-electron chi connectivity index (χ0n) is 9.93. The van der Waals surface area contributed by atoms with Crippen molar-refractivity contribution in [2.45, 2.75) is 0 Å². The molecule has 0 aromatic carbocycles. The Labute approximate surface area is 101 Å². The van der Waals surface area contributed by atoms with Crippen molar-refractivity contribution in [1.29, 1.82) is 0 Å². The molecule has 0 saturated carbocycles. The molecular formula is C10H21NO6. The topological polar surface area (TPSA) is 100 Å².